The second-order valence-corrected chi connectivity index (χ2v) is 6.50. The van der Waals surface area contributed by atoms with E-state index in [2.05, 4.69) is 17.1 Å². The van der Waals surface area contributed by atoms with Gasteiger partial charge in [-0.05, 0) is 31.4 Å². The van der Waals surface area contributed by atoms with Crippen LogP contribution in [-0.4, -0.2) is 53.0 Å². The topological polar surface area (TPSA) is 78.7 Å². The number of hydrogen-bond acceptors (Lipinski definition) is 4. The zero-order valence-corrected chi connectivity index (χ0v) is 14.0. The van der Waals surface area contributed by atoms with Crippen LogP contribution in [0.4, 0.5) is 10.5 Å². The summed E-state index contributed by atoms with van der Waals surface area (Å²) >= 11 is 0. The van der Waals surface area contributed by atoms with E-state index in [4.69, 9.17) is 0 Å². The van der Waals surface area contributed by atoms with E-state index in [9.17, 15) is 14.9 Å². The highest BCUT2D eigenvalue weighted by Crippen LogP contribution is 2.27. The minimum atomic E-state index is -0.337. The van der Waals surface area contributed by atoms with Crippen LogP contribution in [0.3, 0.4) is 0 Å². The first kappa shape index (κ1) is 16.7. The summed E-state index contributed by atoms with van der Waals surface area (Å²) in [5, 5.41) is 14.2. The van der Waals surface area contributed by atoms with Gasteiger partial charge >= 0.3 is 6.03 Å². The van der Waals surface area contributed by atoms with Crippen molar-refractivity contribution in [1.29, 1.82) is 0 Å². The Morgan fingerprint density at radius 3 is 2.75 bits per heavy atom. The van der Waals surface area contributed by atoms with E-state index < -0.39 is 0 Å². The standard InChI is InChI=1S/C17H24N4O3/c1-2-19-9-6-14(7-10-19)18-17(22)20-11-8-15-13(12-20)4-3-5-16(15)21(23)24/h3-5,14H,2,6-12H2,1H3,(H,18,22). The molecule has 0 atom stereocenters. The zero-order valence-electron chi connectivity index (χ0n) is 14.0. The lowest BCUT2D eigenvalue weighted by molar-refractivity contribution is -0.385. The van der Waals surface area contributed by atoms with Crippen molar-refractivity contribution in [2.75, 3.05) is 26.2 Å². The number of piperidine rings is 1. The molecular formula is C17H24N4O3. The number of carbonyl (C=O) groups is 1. The molecular weight excluding hydrogens is 308 g/mol. The van der Waals surface area contributed by atoms with Crippen molar-refractivity contribution in [2.24, 2.45) is 0 Å². The maximum absolute atomic E-state index is 12.5. The van der Waals surface area contributed by atoms with Gasteiger partial charge in [0.25, 0.3) is 5.69 Å². The van der Waals surface area contributed by atoms with Gasteiger partial charge in [-0.3, -0.25) is 10.1 Å². The van der Waals surface area contributed by atoms with E-state index in [1.165, 1.54) is 6.07 Å². The fraction of sp³-hybridized carbons (Fsp3) is 0.588. The monoisotopic (exact) mass is 332 g/mol. The molecule has 24 heavy (non-hydrogen) atoms. The third kappa shape index (κ3) is 3.51. The smallest absolute Gasteiger partial charge is 0.317 e. The third-order valence-corrected chi connectivity index (χ3v) is 5.09. The van der Waals surface area contributed by atoms with E-state index >= 15 is 0 Å². The van der Waals surface area contributed by atoms with Crippen LogP contribution < -0.4 is 5.32 Å². The minimum absolute atomic E-state index is 0.0536. The largest absolute Gasteiger partial charge is 0.335 e. The third-order valence-electron chi connectivity index (χ3n) is 5.09. The number of amides is 2. The average molecular weight is 332 g/mol. The molecule has 3 rings (SSSR count). The number of hydrogen-bond donors (Lipinski definition) is 1. The Kier molecular flexibility index (Phi) is 4.99. The summed E-state index contributed by atoms with van der Waals surface area (Å²) < 4.78 is 0. The highest BCUT2D eigenvalue weighted by atomic mass is 16.6. The van der Waals surface area contributed by atoms with Crippen molar-refractivity contribution in [3.05, 3.63) is 39.4 Å². The molecule has 7 nitrogen and oxygen atoms in total. The zero-order chi connectivity index (χ0) is 17.1. The molecule has 2 aliphatic rings. The highest BCUT2D eigenvalue weighted by Gasteiger charge is 2.28. The van der Waals surface area contributed by atoms with Crippen LogP contribution in [0.2, 0.25) is 0 Å². The second kappa shape index (κ2) is 7.17. The van der Waals surface area contributed by atoms with Gasteiger partial charge in [-0.25, -0.2) is 4.79 Å². The maximum Gasteiger partial charge on any atom is 0.317 e. The van der Waals surface area contributed by atoms with Gasteiger partial charge in [0.15, 0.2) is 0 Å². The van der Waals surface area contributed by atoms with Crippen LogP contribution in [0.1, 0.15) is 30.9 Å². The van der Waals surface area contributed by atoms with E-state index in [0.29, 0.717) is 19.5 Å². The van der Waals surface area contributed by atoms with Crippen molar-refractivity contribution in [2.45, 2.75) is 38.8 Å². The first-order valence-electron chi connectivity index (χ1n) is 8.61. The van der Waals surface area contributed by atoms with Crippen LogP contribution in [0, 0.1) is 10.1 Å². The first-order chi connectivity index (χ1) is 11.6. The Balaban J connectivity index is 1.60. The lowest BCUT2D eigenvalue weighted by atomic mass is 9.98. The molecule has 7 heteroatoms. The Labute approximate surface area is 141 Å². The van der Waals surface area contributed by atoms with Gasteiger partial charge < -0.3 is 15.1 Å². The molecule has 2 amide bonds. The van der Waals surface area contributed by atoms with E-state index in [1.54, 1.807) is 11.0 Å². The van der Waals surface area contributed by atoms with Gasteiger partial charge in [-0.2, -0.15) is 0 Å². The summed E-state index contributed by atoms with van der Waals surface area (Å²) in [4.78, 5) is 27.4. The first-order valence-corrected chi connectivity index (χ1v) is 8.61. The fourth-order valence-electron chi connectivity index (χ4n) is 3.59. The Hall–Kier alpha value is -2.15. The average Bonchev–Trinajstić information content (AvgIpc) is 2.61. The molecule has 0 unspecified atom stereocenters. The number of nitro groups is 1. The summed E-state index contributed by atoms with van der Waals surface area (Å²) in [6, 6.07) is 5.28. The molecule has 1 aromatic rings. The summed E-state index contributed by atoms with van der Waals surface area (Å²) in [5.74, 6) is 0. The molecule has 0 radical (unpaired) electrons. The molecule has 0 aromatic heterocycles. The number of carbonyl (C=O) groups excluding carboxylic acids is 1. The van der Waals surface area contributed by atoms with Crippen LogP contribution in [0.25, 0.3) is 0 Å². The van der Waals surface area contributed by atoms with E-state index in [-0.39, 0.29) is 22.7 Å². The fourth-order valence-corrected chi connectivity index (χ4v) is 3.59. The Morgan fingerprint density at radius 2 is 2.08 bits per heavy atom. The van der Waals surface area contributed by atoms with Crippen molar-refractivity contribution in [1.82, 2.24) is 15.1 Å². The van der Waals surface area contributed by atoms with Crippen molar-refractivity contribution in [3.63, 3.8) is 0 Å². The van der Waals surface area contributed by atoms with Gasteiger partial charge in [0.05, 0.1) is 4.92 Å². The van der Waals surface area contributed by atoms with Crippen LogP contribution in [0.15, 0.2) is 18.2 Å². The molecule has 2 aliphatic heterocycles. The predicted molar refractivity (Wildman–Crippen MR) is 90.9 cm³/mol. The number of nitrogens with one attached hydrogen (secondary N) is 1. The Bertz CT molecular complexity index is 626. The van der Waals surface area contributed by atoms with Gasteiger partial charge in [0.2, 0.25) is 0 Å². The summed E-state index contributed by atoms with van der Waals surface area (Å²) in [5.41, 5.74) is 1.81. The number of likely N-dealkylation sites (tertiary alicyclic amines) is 1. The van der Waals surface area contributed by atoms with Crippen molar-refractivity contribution < 1.29 is 9.72 Å². The summed E-state index contributed by atoms with van der Waals surface area (Å²) in [7, 11) is 0. The summed E-state index contributed by atoms with van der Waals surface area (Å²) in [6.45, 7) is 6.23. The molecule has 1 fully saturated rings. The van der Waals surface area contributed by atoms with Gasteiger partial charge in [-0.1, -0.05) is 19.1 Å². The lowest BCUT2D eigenvalue weighted by Gasteiger charge is -2.34. The number of rotatable bonds is 3. The summed E-state index contributed by atoms with van der Waals surface area (Å²) in [6.07, 6.45) is 2.50. The number of nitrogens with zero attached hydrogens (tertiary/aromatic N) is 3. The molecule has 1 aromatic carbocycles. The highest BCUT2D eigenvalue weighted by molar-refractivity contribution is 5.75. The normalized spacial score (nSPS) is 19.0. The lowest BCUT2D eigenvalue weighted by Crippen LogP contribution is -2.50. The van der Waals surface area contributed by atoms with Crippen molar-refractivity contribution >= 4 is 11.7 Å². The van der Waals surface area contributed by atoms with Gasteiger partial charge in [-0.15, -0.1) is 0 Å². The minimum Gasteiger partial charge on any atom is -0.335 e. The molecule has 0 bridgehead atoms. The maximum atomic E-state index is 12.5. The molecule has 0 aliphatic carbocycles. The van der Waals surface area contributed by atoms with E-state index in [0.717, 1.165) is 43.6 Å². The molecule has 1 N–H and O–H groups in total. The number of benzene rings is 1. The predicted octanol–water partition coefficient (Wildman–Crippen LogP) is 2.15. The molecule has 130 valence electrons. The van der Waals surface area contributed by atoms with Crippen LogP contribution in [-0.2, 0) is 13.0 Å². The SMILES string of the molecule is CCN1CCC(NC(=O)N2CCc3c(cccc3[N+](=O)[O-])C2)CC1. The van der Waals surface area contributed by atoms with Gasteiger partial charge in [0, 0.05) is 43.9 Å². The van der Waals surface area contributed by atoms with Gasteiger partial charge in [0.1, 0.15) is 0 Å². The molecule has 1 saturated heterocycles. The second-order valence-electron chi connectivity index (χ2n) is 6.50. The molecule has 0 saturated carbocycles. The van der Waals surface area contributed by atoms with Crippen LogP contribution in [0.5, 0.6) is 0 Å². The number of nitro benzene ring substituents is 1. The quantitative estimate of drug-likeness (QED) is 0.679. The van der Waals surface area contributed by atoms with Crippen LogP contribution >= 0.6 is 0 Å². The molecule has 2 heterocycles. The Morgan fingerprint density at radius 1 is 1.33 bits per heavy atom. The van der Waals surface area contributed by atoms with E-state index in [1.807, 2.05) is 6.07 Å². The number of fused-ring (bicyclic) bond motifs is 1. The van der Waals surface area contributed by atoms with Crippen molar-refractivity contribution in [3.8, 4) is 0 Å². The molecule has 0 spiro atoms. The number of urea groups is 1.